The quantitative estimate of drug-likeness (QED) is 0.791. The number of hydrogen-bond donors (Lipinski definition) is 1. The van der Waals surface area contributed by atoms with Crippen molar-refractivity contribution >= 4 is 5.97 Å². The van der Waals surface area contributed by atoms with Crippen LogP contribution in [-0.4, -0.2) is 11.1 Å². The first kappa shape index (κ1) is 14.3. The fraction of sp³-hybridized carbons (Fsp3) is 0.300. The van der Waals surface area contributed by atoms with E-state index in [0.29, 0.717) is 0 Å². The van der Waals surface area contributed by atoms with E-state index >= 15 is 0 Å². The third-order valence-corrected chi connectivity index (χ3v) is 2.21. The lowest BCUT2D eigenvalue weighted by Gasteiger charge is -2.17. The minimum atomic E-state index is -5.28. The Labute approximate surface area is 96.8 Å². The standard InChI is InChI=1S/C10H6F6O2/c1-4-2-6(9(11,12)13)7(10(14,15)16)3-5(4)8(17)18/h2-3H,1H3,(H,17,18). The maximum absolute atomic E-state index is 12.5. The van der Waals surface area contributed by atoms with Gasteiger partial charge in [0.25, 0.3) is 0 Å². The van der Waals surface area contributed by atoms with Crippen molar-refractivity contribution in [2.24, 2.45) is 0 Å². The number of benzene rings is 1. The van der Waals surface area contributed by atoms with Gasteiger partial charge in [0.05, 0.1) is 16.7 Å². The van der Waals surface area contributed by atoms with E-state index in [0.717, 1.165) is 6.92 Å². The molecular weight excluding hydrogens is 266 g/mol. The van der Waals surface area contributed by atoms with Crippen LogP contribution in [0.2, 0.25) is 0 Å². The molecule has 0 aliphatic rings. The lowest BCUT2D eigenvalue weighted by atomic mass is 9.98. The van der Waals surface area contributed by atoms with Gasteiger partial charge in [-0.15, -0.1) is 0 Å². The summed E-state index contributed by atoms with van der Waals surface area (Å²) in [7, 11) is 0. The van der Waals surface area contributed by atoms with Crippen molar-refractivity contribution in [3.63, 3.8) is 0 Å². The Kier molecular flexibility index (Phi) is 3.33. The molecule has 0 bridgehead atoms. The van der Waals surface area contributed by atoms with Crippen LogP contribution < -0.4 is 0 Å². The van der Waals surface area contributed by atoms with Crippen LogP contribution in [0.4, 0.5) is 26.3 Å². The van der Waals surface area contributed by atoms with E-state index in [1.807, 2.05) is 0 Å². The highest BCUT2D eigenvalue weighted by Crippen LogP contribution is 2.41. The molecule has 2 nitrogen and oxygen atoms in total. The molecule has 0 radical (unpaired) electrons. The van der Waals surface area contributed by atoms with Crippen LogP contribution in [-0.2, 0) is 12.4 Å². The van der Waals surface area contributed by atoms with Gasteiger partial charge in [0.2, 0.25) is 0 Å². The smallest absolute Gasteiger partial charge is 0.417 e. The molecule has 0 aromatic heterocycles. The van der Waals surface area contributed by atoms with E-state index in [1.54, 1.807) is 0 Å². The molecule has 0 aliphatic heterocycles. The molecule has 1 N–H and O–H groups in total. The van der Waals surface area contributed by atoms with Crippen LogP contribution in [0, 0.1) is 6.92 Å². The lowest BCUT2D eigenvalue weighted by molar-refractivity contribution is -0.162. The second kappa shape index (κ2) is 4.18. The normalized spacial score (nSPS) is 12.6. The van der Waals surface area contributed by atoms with Gasteiger partial charge in [-0.1, -0.05) is 0 Å². The van der Waals surface area contributed by atoms with Crippen molar-refractivity contribution in [1.82, 2.24) is 0 Å². The van der Waals surface area contributed by atoms with Gasteiger partial charge in [-0.05, 0) is 24.6 Å². The number of carboxylic acids is 1. The Morgan fingerprint density at radius 1 is 1.00 bits per heavy atom. The Balaban J connectivity index is 3.64. The minimum absolute atomic E-state index is 0.000486. The summed E-state index contributed by atoms with van der Waals surface area (Å²) in [5.41, 5.74) is -5.09. The number of rotatable bonds is 1. The lowest BCUT2D eigenvalue weighted by Crippen LogP contribution is -2.18. The van der Waals surface area contributed by atoms with Gasteiger partial charge in [-0.2, -0.15) is 26.3 Å². The van der Waals surface area contributed by atoms with E-state index in [4.69, 9.17) is 5.11 Å². The molecule has 18 heavy (non-hydrogen) atoms. The Bertz CT molecular complexity index is 486. The van der Waals surface area contributed by atoms with Crippen LogP contribution in [0.25, 0.3) is 0 Å². The van der Waals surface area contributed by atoms with E-state index in [2.05, 4.69) is 0 Å². The highest BCUT2D eigenvalue weighted by molar-refractivity contribution is 5.89. The average molecular weight is 272 g/mol. The summed E-state index contributed by atoms with van der Waals surface area (Å²) in [6, 6.07) is 0.187. The molecule has 0 saturated heterocycles. The second-order valence-electron chi connectivity index (χ2n) is 3.51. The van der Waals surface area contributed by atoms with Crippen molar-refractivity contribution in [1.29, 1.82) is 0 Å². The van der Waals surface area contributed by atoms with Crippen LogP contribution in [0.15, 0.2) is 12.1 Å². The first-order valence-electron chi connectivity index (χ1n) is 4.47. The maximum atomic E-state index is 12.5. The number of hydrogen-bond acceptors (Lipinski definition) is 1. The highest BCUT2D eigenvalue weighted by Gasteiger charge is 2.43. The summed E-state index contributed by atoms with van der Waals surface area (Å²) in [5, 5.41) is 8.60. The number of carbonyl (C=O) groups is 1. The first-order chi connectivity index (χ1) is 7.94. The topological polar surface area (TPSA) is 37.3 Å². The molecule has 0 aliphatic carbocycles. The molecule has 0 spiro atoms. The molecule has 1 aromatic rings. The Morgan fingerprint density at radius 3 is 1.72 bits per heavy atom. The zero-order valence-electron chi connectivity index (χ0n) is 8.78. The van der Waals surface area contributed by atoms with E-state index in [1.165, 1.54) is 0 Å². The zero-order valence-corrected chi connectivity index (χ0v) is 8.78. The third-order valence-electron chi connectivity index (χ3n) is 2.21. The third kappa shape index (κ3) is 2.74. The average Bonchev–Trinajstić information content (AvgIpc) is 2.13. The van der Waals surface area contributed by atoms with Gasteiger partial charge in [0, 0.05) is 0 Å². The summed E-state index contributed by atoms with van der Waals surface area (Å²) in [6.45, 7) is 0.999. The molecule has 0 amide bonds. The molecule has 0 heterocycles. The van der Waals surface area contributed by atoms with Crippen molar-refractivity contribution in [3.8, 4) is 0 Å². The van der Waals surface area contributed by atoms with Crippen LogP contribution in [0.3, 0.4) is 0 Å². The predicted molar refractivity (Wildman–Crippen MR) is 48.1 cm³/mol. The van der Waals surface area contributed by atoms with Gasteiger partial charge in [-0.25, -0.2) is 4.79 Å². The summed E-state index contributed by atoms with van der Waals surface area (Å²) in [6.07, 6.45) is -10.5. The highest BCUT2D eigenvalue weighted by atomic mass is 19.4. The first-order valence-corrected chi connectivity index (χ1v) is 4.47. The van der Waals surface area contributed by atoms with E-state index < -0.39 is 35.0 Å². The predicted octanol–water partition coefficient (Wildman–Crippen LogP) is 3.73. The molecular formula is C10H6F6O2. The van der Waals surface area contributed by atoms with Crippen molar-refractivity contribution in [2.75, 3.05) is 0 Å². The maximum Gasteiger partial charge on any atom is 0.417 e. The fourth-order valence-electron chi connectivity index (χ4n) is 1.41. The van der Waals surface area contributed by atoms with Gasteiger partial charge < -0.3 is 5.11 Å². The number of aromatic carboxylic acids is 1. The fourth-order valence-corrected chi connectivity index (χ4v) is 1.41. The molecule has 1 aromatic carbocycles. The van der Waals surface area contributed by atoms with Crippen molar-refractivity contribution in [2.45, 2.75) is 19.3 Å². The summed E-state index contributed by atoms with van der Waals surface area (Å²) < 4.78 is 74.7. The molecule has 1 rings (SSSR count). The number of carboxylic acid groups (broad SMARTS) is 1. The number of aryl methyl sites for hydroxylation is 1. The van der Waals surface area contributed by atoms with Gasteiger partial charge >= 0.3 is 18.3 Å². The van der Waals surface area contributed by atoms with Crippen LogP contribution >= 0.6 is 0 Å². The summed E-state index contributed by atoms with van der Waals surface area (Å²) >= 11 is 0. The van der Waals surface area contributed by atoms with Gasteiger partial charge in [0.15, 0.2) is 0 Å². The summed E-state index contributed by atoms with van der Waals surface area (Å²) in [5.74, 6) is -1.72. The van der Waals surface area contributed by atoms with Crippen molar-refractivity contribution in [3.05, 3.63) is 34.4 Å². The van der Waals surface area contributed by atoms with Crippen LogP contribution in [0.1, 0.15) is 27.0 Å². The molecule has 8 heteroatoms. The molecule has 100 valence electrons. The number of alkyl halides is 6. The van der Waals surface area contributed by atoms with Crippen LogP contribution in [0.5, 0.6) is 0 Å². The zero-order chi connectivity index (χ0) is 14.3. The van der Waals surface area contributed by atoms with Gasteiger partial charge in [0.1, 0.15) is 0 Å². The second-order valence-corrected chi connectivity index (χ2v) is 3.51. The molecule has 0 saturated carbocycles. The Hall–Kier alpha value is -1.73. The minimum Gasteiger partial charge on any atom is -0.478 e. The van der Waals surface area contributed by atoms with Gasteiger partial charge in [-0.3, -0.25) is 0 Å². The monoisotopic (exact) mass is 272 g/mol. The molecule has 0 atom stereocenters. The summed E-state index contributed by atoms with van der Waals surface area (Å²) in [4.78, 5) is 10.6. The van der Waals surface area contributed by atoms with E-state index in [9.17, 15) is 31.1 Å². The van der Waals surface area contributed by atoms with E-state index in [-0.39, 0.29) is 17.7 Å². The molecule has 0 fully saturated rings. The molecule has 0 unspecified atom stereocenters. The van der Waals surface area contributed by atoms with Crippen molar-refractivity contribution < 1.29 is 36.2 Å². The SMILES string of the molecule is Cc1cc(C(F)(F)F)c(C(F)(F)F)cc1C(=O)O. The number of halogens is 6. The largest absolute Gasteiger partial charge is 0.478 e. The Morgan fingerprint density at radius 2 is 1.39 bits per heavy atom.